The molecule has 1 aliphatic rings. The van der Waals surface area contributed by atoms with Gasteiger partial charge in [0, 0.05) is 17.7 Å². The van der Waals surface area contributed by atoms with Crippen LogP contribution in [0.4, 0.5) is 11.5 Å². The summed E-state index contributed by atoms with van der Waals surface area (Å²) in [7, 11) is 0. The SMILES string of the molecule is Nc1ccc(-c2cnc(NC(=O)CC3CCCCC3)c(C(O)c3ccccc3)n2)cc1. The number of nitrogens with two attached hydrogens (primary N) is 1. The standard InChI is InChI=1S/C25H28N4O2/c26-20-13-11-18(12-14-20)21-16-27-25(29-22(30)15-17-7-3-1-4-8-17)23(28-21)24(31)19-9-5-2-6-10-19/h2,5-6,9-14,16-17,24,31H,1,3-4,7-8,15,26H2,(H,27,29,30). The maximum absolute atomic E-state index is 12.7. The molecule has 0 bridgehead atoms. The highest BCUT2D eigenvalue weighted by molar-refractivity contribution is 5.90. The second-order valence-electron chi connectivity index (χ2n) is 8.18. The lowest BCUT2D eigenvalue weighted by Crippen LogP contribution is -2.21. The van der Waals surface area contributed by atoms with Crippen molar-refractivity contribution >= 4 is 17.4 Å². The number of nitrogens with one attached hydrogen (secondary N) is 1. The number of benzene rings is 2. The summed E-state index contributed by atoms with van der Waals surface area (Å²) >= 11 is 0. The van der Waals surface area contributed by atoms with E-state index < -0.39 is 6.10 Å². The van der Waals surface area contributed by atoms with Gasteiger partial charge in [-0.05, 0) is 36.5 Å². The molecule has 1 aromatic heterocycles. The minimum atomic E-state index is -1.01. The van der Waals surface area contributed by atoms with E-state index in [4.69, 9.17) is 5.73 Å². The number of anilines is 2. The summed E-state index contributed by atoms with van der Waals surface area (Å²) in [5.74, 6) is 0.637. The molecule has 4 rings (SSSR count). The van der Waals surface area contributed by atoms with Crippen molar-refractivity contribution in [2.75, 3.05) is 11.1 Å². The lowest BCUT2D eigenvalue weighted by Gasteiger charge is -2.21. The summed E-state index contributed by atoms with van der Waals surface area (Å²) in [5.41, 5.74) is 8.91. The Bertz CT molecular complexity index is 1020. The predicted octanol–water partition coefficient (Wildman–Crippen LogP) is 4.72. The quantitative estimate of drug-likeness (QED) is 0.505. The predicted molar refractivity (Wildman–Crippen MR) is 122 cm³/mol. The zero-order chi connectivity index (χ0) is 21.6. The van der Waals surface area contributed by atoms with Crippen LogP contribution in [0.1, 0.15) is 55.9 Å². The number of carbonyl (C=O) groups is 1. The highest BCUT2D eigenvalue weighted by Crippen LogP contribution is 2.30. The number of amides is 1. The van der Waals surface area contributed by atoms with Crippen LogP contribution in [0.5, 0.6) is 0 Å². The summed E-state index contributed by atoms with van der Waals surface area (Å²) in [5, 5.41) is 14.0. The van der Waals surface area contributed by atoms with Crippen LogP contribution in [0.15, 0.2) is 60.8 Å². The van der Waals surface area contributed by atoms with Gasteiger partial charge in [-0.1, -0.05) is 61.7 Å². The van der Waals surface area contributed by atoms with Gasteiger partial charge >= 0.3 is 0 Å². The Morgan fingerprint density at radius 1 is 1.06 bits per heavy atom. The first-order valence-corrected chi connectivity index (χ1v) is 10.9. The van der Waals surface area contributed by atoms with Gasteiger partial charge in [0.05, 0.1) is 11.9 Å². The molecule has 1 heterocycles. The van der Waals surface area contributed by atoms with E-state index in [-0.39, 0.29) is 5.91 Å². The van der Waals surface area contributed by atoms with Crippen LogP contribution in [0, 0.1) is 5.92 Å². The van der Waals surface area contributed by atoms with Gasteiger partial charge in [-0.15, -0.1) is 0 Å². The van der Waals surface area contributed by atoms with Crippen molar-refractivity contribution in [2.45, 2.75) is 44.6 Å². The molecular formula is C25H28N4O2. The average molecular weight is 417 g/mol. The van der Waals surface area contributed by atoms with E-state index in [0.717, 1.165) is 18.4 Å². The molecule has 1 unspecified atom stereocenters. The Morgan fingerprint density at radius 2 is 1.77 bits per heavy atom. The molecule has 1 fully saturated rings. The fraction of sp³-hybridized carbons (Fsp3) is 0.320. The summed E-state index contributed by atoms with van der Waals surface area (Å²) < 4.78 is 0. The second-order valence-corrected chi connectivity index (χ2v) is 8.18. The minimum Gasteiger partial charge on any atom is -0.399 e. The van der Waals surface area contributed by atoms with E-state index in [1.807, 2.05) is 42.5 Å². The molecule has 0 saturated heterocycles. The van der Waals surface area contributed by atoms with E-state index in [1.54, 1.807) is 18.3 Å². The van der Waals surface area contributed by atoms with Crippen LogP contribution in [-0.4, -0.2) is 21.0 Å². The summed E-state index contributed by atoms with van der Waals surface area (Å²) in [6, 6.07) is 16.6. The molecule has 0 spiro atoms. The monoisotopic (exact) mass is 416 g/mol. The number of carbonyl (C=O) groups excluding carboxylic acids is 1. The van der Waals surface area contributed by atoms with Crippen LogP contribution < -0.4 is 11.1 Å². The number of aromatic nitrogens is 2. The molecule has 1 aliphatic carbocycles. The van der Waals surface area contributed by atoms with E-state index in [1.165, 1.54) is 19.3 Å². The molecule has 31 heavy (non-hydrogen) atoms. The number of nitrogens with zero attached hydrogens (tertiary/aromatic N) is 2. The second kappa shape index (κ2) is 9.71. The van der Waals surface area contributed by atoms with Crippen LogP contribution in [0.25, 0.3) is 11.3 Å². The number of hydrogen-bond donors (Lipinski definition) is 3. The van der Waals surface area contributed by atoms with E-state index in [2.05, 4.69) is 15.3 Å². The summed E-state index contributed by atoms with van der Waals surface area (Å²) in [4.78, 5) is 21.9. The smallest absolute Gasteiger partial charge is 0.225 e. The van der Waals surface area contributed by atoms with E-state index >= 15 is 0 Å². The Morgan fingerprint density at radius 3 is 2.48 bits per heavy atom. The Hall–Kier alpha value is -3.25. The zero-order valence-electron chi connectivity index (χ0n) is 17.5. The highest BCUT2D eigenvalue weighted by Gasteiger charge is 2.22. The number of rotatable bonds is 6. The fourth-order valence-electron chi connectivity index (χ4n) is 4.11. The first-order valence-electron chi connectivity index (χ1n) is 10.9. The van der Waals surface area contributed by atoms with Gasteiger partial charge in [-0.2, -0.15) is 0 Å². The molecule has 1 atom stereocenters. The lowest BCUT2D eigenvalue weighted by molar-refractivity contribution is -0.117. The van der Waals surface area contributed by atoms with Crippen molar-refractivity contribution in [2.24, 2.45) is 5.92 Å². The van der Waals surface area contributed by atoms with Gasteiger partial charge in [-0.3, -0.25) is 4.79 Å². The number of nitrogen functional groups attached to an aromatic ring is 1. The molecule has 0 aliphatic heterocycles. The molecular weight excluding hydrogens is 388 g/mol. The molecule has 3 aromatic rings. The molecule has 1 saturated carbocycles. The van der Waals surface area contributed by atoms with Crippen molar-refractivity contribution in [3.63, 3.8) is 0 Å². The van der Waals surface area contributed by atoms with Crippen molar-refractivity contribution in [1.29, 1.82) is 0 Å². The molecule has 2 aromatic carbocycles. The minimum absolute atomic E-state index is 0.0806. The molecule has 6 heteroatoms. The summed E-state index contributed by atoms with van der Waals surface area (Å²) in [6.07, 6.45) is 6.89. The zero-order valence-corrected chi connectivity index (χ0v) is 17.5. The first-order chi connectivity index (χ1) is 15.1. The number of aliphatic hydroxyl groups excluding tert-OH is 1. The topological polar surface area (TPSA) is 101 Å². The lowest BCUT2D eigenvalue weighted by atomic mass is 9.87. The Balaban J connectivity index is 1.63. The van der Waals surface area contributed by atoms with Crippen molar-refractivity contribution < 1.29 is 9.90 Å². The van der Waals surface area contributed by atoms with E-state index in [0.29, 0.717) is 40.8 Å². The third kappa shape index (κ3) is 5.27. The molecule has 160 valence electrons. The van der Waals surface area contributed by atoms with Gasteiger partial charge in [0.25, 0.3) is 0 Å². The fourth-order valence-corrected chi connectivity index (χ4v) is 4.11. The third-order valence-corrected chi connectivity index (χ3v) is 5.84. The largest absolute Gasteiger partial charge is 0.399 e. The maximum atomic E-state index is 12.7. The van der Waals surface area contributed by atoms with Crippen molar-refractivity contribution in [1.82, 2.24) is 9.97 Å². The number of aliphatic hydroxyl groups is 1. The summed E-state index contributed by atoms with van der Waals surface area (Å²) in [6.45, 7) is 0. The highest BCUT2D eigenvalue weighted by atomic mass is 16.3. The van der Waals surface area contributed by atoms with Gasteiger partial charge < -0.3 is 16.2 Å². The third-order valence-electron chi connectivity index (χ3n) is 5.84. The van der Waals surface area contributed by atoms with Crippen LogP contribution in [0.2, 0.25) is 0 Å². The Kier molecular flexibility index (Phi) is 6.57. The van der Waals surface area contributed by atoms with Crippen molar-refractivity contribution in [3.8, 4) is 11.3 Å². The van der Waals surface area contributed by atoms with Gasteiger partial charge in [0.1, 0.15) is 11.8 Å². The van der Waals surface area contributed by atoms with Crippen LogP contribution in [0.3, 0.4) is 0 Å². The van der Waals surface area contributed by atoms with Gasteiger partial charge in [0.2, 0.25) is 5.91 Å². The van der Waals surface area contributed by atoms with Crippen LogP contribution in [-0.2, 0) is 4.79 Å². The maximum Gasteiger partial charge on any atom is 0.225 e. The van der Waals surface area contributed by atoms with E-state index in [9.17, 15) is 9.90 Å². The van der Waals surface area contributed by atoms with Crippen LogP contribution >= 0.6 is 0 Å². The van der Waals surface area contributed by atoms with Crippen molar-refractivity contribution in [3.05, 3.63) is 72.1 Å². The molecule has 6 nitrogen and oxygen atoms in total. The average Bonchev–Trinajstić information content (AvgIpc) is 2.80. The first kappa shape index (κ1) is 21.0. The number of hydrogen-bond acceptors (Lipinski definition) is 5. The molecule has 0 radical (unpaired) electrons. The van der Waals surface area contributed by atoms with Gasteiger partial charge in [0.15, 0.2) is 5.82 Å². The Labute approximate surface area is 182 Å². The van der Waals surface area contributed by atoms with Gasteiger partial charge in [-0.25, -0.2) is 9.97 Å². The molecule has 1 amide bonds. The normalized spacial score (nSPS) is 15.4. The molecule has 4 N–H and O–H groups in total.